The molecular formula is C14H15N5O2. The summed E-state index contributed by atoms with van der Waals surface area (Å²) in [7, 11) is 3.56. The fourth-order valence-electron chi connectivity index (χ4n) is 2.05. The number of carbonyl (C=O) groups excluding carboxylic acids is 1. The van der Waals surface area contributed by atoms with E-state index in [4.69, 9.17) is 4.42 Å². The molecule has 0 aliphatic heterocycles. The predicted octanol–water partition coefficient (Wildman–Crippen LogP) is 1.68. The normalized spacial score (nSPS) is 10.8. The summed E-state index contributed by atoms with van der Waals surface area (Å²) in [6, 6.07) is 7.14. The van der Waals surface area contributed by atoms with Crippen molar-refractivity contribution in [1.29, 1.82) is 0 Å². The maximum atomic E-state index is 12.3. The molecule has 0 saturated carbocycles. The maximum Gasteiger partial charge on any atom is 0.274 e. The molecule has 0 fully saturated rings. The number of nitrogens with one attached hydrogen (secondary N) is 1. The van der Waals surface area contributed by atoms with Crippen LogP contribution in [0.1, 0.15) is 16.2 Å². The van der Waals surface area contributed by atoms with Crippen molar-refractivity contribution in [1.82, 2.24) is 24.9 Å². The predicted molar refractivity (Wildman–Crippen MR) is 75.3 cm³/mol. The first-order valence-electron chi connectivity index (χ1n) is 6.47. The highest BCUT2D eigenvalue weighted by Gasteiger charge is 2.17. The number of aromatic nitrogens is 4. The van der Waals surface area contributed by atoms with Gasteiger partial charge in [-0.25, -0.2) is 0 Å². The van der Waals surface area contributed by atoms with Crippen LogP contribution in [0.25, 0.3) is 11.5 Å². The van der Waals surface area contributed by atoms with Gasteiger partial charge in [0.05, 0.1) is 18.5 Å². The van der Waals surface area contributed by atoms with Crippen LogP contribution in [0.3, 0.4) is 0 Å². The van der Waals surface area contributed by atoms with E-state index in [1.165, 1.54) is 0 Å². The monoisotopic (exact) mass is 285 g/mol. The van der Waals surface area contributed by atoms with Gasteiger partial charge in [-0.3, -0.25) is 14.6 Å². The van der Waals surface area contributed by atoms with E-state index in [2.05, 4.69) is 15.3 Å². The van der Waals surface area contributed by atoms with E-state index in [-0.39, 0.29) is 5.91 Å². The number of carbonyl (C=O) groups is 1. The molecule has 0 aliphatic carbocycles. The molecule has 3 aromatic heterocycles. The van der Waals surface area contributed by atoms with Crippen LogP contribution in [0.2, 0.25) is 0 Å². The lowest BCUT2D eigenvalue weighted by Gasteiger charge is -2.13. The summed E-state index contributed by atoms with van der Waals surface area (Å²) >= 11 is 0. The molecule has 0 radical (unpaired) electrons. The highest BCUT2D eigenvalue weighted by atomic mass is 16.3. The molecule has 21 heavy (non-hydrogen) atoms. The van der Waals surface area contributed by atoms with Crippen LogP contribution in [0.4, 0.5) is 0 Å². The van der Waals surface area contributed by atoms with Crippen molar-refractivity contribution >= 4 is 5.91 Å². The number of hydrogen-bond donors (Lipinski definition) is 1. The van der Waals surface area contributed by atoms with Crippen molar-refractivity contribution in [2.24, 2.45) is 7.05 Å². The summed E-state index contributed by atoms with van der Waals surface area (Å²) in [5.41, 5.74) is 1.85. The number of H-pyrrole nitrogens is 1. The number of amides is 1. The van der Waals surface area contributed by atoms with Crippen LogP contribution < -0.4 is 0 Å². The summed E-state index contributed by atoms with van der Waals surface area (Å²) in [5, 5.41) is 11.1. The van der Waals surface area contributed by atoms with Crippen LogP contribution in [-0.2, 0) is 13.6 Å². The van der Waals surface area contributed by atoms with Gasteiger partial charge in [-0.2, -0.15) is 10.2 Å². The van der Waals surface area contributed by atoms with Crippen molar-refractivity contribution in [2.75, 3.05) is 7.05 Å². The smallest absolute Gasteiger partial charge is 0.274 e. The molecule has 0 spiro atoms. The summed E-state index contributed by atoms with van der Waals surface area (Å²) in [4.78, 5) is 13.9. The molecule has 0 aliphatic rings. The zero-order chi connectivity index (χ0) is 14.8. The number of aromatic amines is 1. The first-order valence-corrected chi connectivity index (χ1v) is 6.47. The van der Waals surface area contributed by atoms with Crippen LogP contribution in [0.5, 0.6) is 0 Å². The summed E-state index contributed by atoms with van der Waals surface area (Å²) in [6.45, 7) is 0.433. The second kappa shape index (κ2) is 5.28. The largest absolute Gasteiger partial charge is 0.463 e. The van der Waals surface area contributed by atoms with Crippen molar-refractivity contribution in [3.63, 3.8) is 0 Å². The highest BCUT2D eigenvalue weighted by molar-refractivity contribution is 5.93. The quantitative estimate of drug-likeness (QED) is 0.790. The van der Waals surface area contributed by atoms with E-state index in [9.17, 15) is 4.79 Å². The molecule has 1 N–H and O–H groups in total. The maximum absolute atomic E-state index is 12.3. The molecule has 3 heterocycles. The molecule has 3 rings (SSSR count). The molecule has 108 valence electrons. The molecule has 0 aromatic carbocycles. The van der Waals surface area contributed by atoms with Gasteiger partial charge in [-0.15, -0.1) is 0 Å². The van der Waals surface area contributed by atoms with Crippen LogP contribution in [0.15, 0.2) is 41.1 Å². The third-order valence-corrected chi connectivity index (χ3v) is 3.10. The molecule has 3 aromatic rings. The van der Waals surface area contributed by atoms with E-state index < -0.39 is 0 Å². The molecule has 0 unspecified atom stereocenters. The van der Waals surface area contributed by atoms with Crippen LogP contribution in [0, 0.1) is 0 Å². The molecule has 1 amide bonds. The molecule has 0 atom stereocenters. The molecule has 0 bridgehead atoms. The zero-order valence-electron chi connectivity index (χ0n) is 11.8. The third kappa shape index (κ3) is 2.71. The molecular weight excluding hydrogens is 270 g/mol. The Morgan fingerprint density at radius 1 is 1.48 bits per heavy atom. The number of aryl methyl sites for hydroxylation is 1. The van der Waals surface area contributed by atoms with Gasteiger partial charge in [-0.1, -0.05) is 0 Å². The Labute approximate surface area is 121 Å². The summed E-state index contributed by atoms with van der Waals surface area (Å²) in [5.74, 6) is 0.476. The zero-order valence-corrected chi connectivity index (χ0v) is 11.8. The van der Waals surface area contributed by atoms with E-state index in [0.717, 1.165) is 5.69 Å². The second-order valence-electron chi connectivity index (χ2n) is 4.79. The minimum atomic E-state index is -0.172. The van der Waals surface area contributed by atoms with E-state index >= 15 is 0 Å². The lowest BCUT2D eigenvalue weighted by atomic mass is 10.3. The van der Waals surface area contributed by atoms with Gasteiger partial charge in [-0.05, 0) is 18.2 Å². The van der Waals surface area contributed by atoms with Crippen LogP contribution in [-0.4, -0.2) is 37.8 Å². The van der Waals surface area contributed by atoms with Crippen molar-refractivity contribution in [2.45, 2.75) is 6.54 Å². The minimum Gasteiger partial charge on any atom is -0.463 e. The lowest BCUT2D eigenvalue weighted by Crippen LogP contribution is -2.26. The number of hydrogen-bond acceptors (Lipinski definition) is 4. The van der Waals surface area contributed by atoms with Gasteiger partial charge in [0.1, 0.15) is 5.69 Å². The Balaban J connectivity index is 1.72. The fourth-order valence-corrected chi connectivity index (χ4v) is 2.05. The Hall–Kier alpha value is -2.83. The first kappa shape index (κ1) is 13.2. The minimum absolute atomic E-state index is 0.172. The molecule has 0 saturated heterocycles. The number of nitrogens with zero attached hydrogens (tertiary/aromatic N) is 4. The van der Waals surface area contributed by atoms with Crippen molar-refractivity contribution in [3.05, 3.63) is 48.1 Å². The average molecular weight is 285 g/mol. The Bertz CT molecular complexity index is 741. The Kier molecular flexibility index (Phi) is 3.31. The fraction of sp³-hybridized carbons (Fsp3) is 0.214. The van der Waals surface area contributed by atoms with E-state index in [1.807, 2.05) is 19.3 Å². The third-order valence-electron chi connectivity index (χ3n) is 3.10. The van der Waals surface area contributed by atoms with E-state index in [1.54, 1.807) is 41.1 Å². The van der Waals surface area contributed by atoms with E-state index in [0.29, 0.717) is 23.7 Å². The van der Waals surface area contributed by atoms with Gasteiger partial charge in [0.2, 0.25) is 0 Å². The SMILES string of the molecule is CN(Cc1ccn(C)n1)C(=O)c1cc(-c2ccco2)[nH]n1. The average Bonchev–Trinajstić information content (AvgIpc) is 3.18. The number of rotatable bonds is 4. The van der Waals surface area contributed by atoms with Crippen molar-refractivity contribution < 1.29 is 9.21 Å². The summed E-state index contributed by atoms with van der Waals surface area (Å²) < 4.78 is 6.97. The van der Waals surface area contributed by atoms with Gasteiger partial charge in [0, 0.05) is 26.4 Å². The first-order chi connectivity index (χ1) is 10.1. The standard InChI is InChI=1S/C14H15N5O2/c1-18(9-10-5-6-19(2)17-10)14(20)12-8-11(15-16-12)13-4-3-7-21-13/h3-8H,9H2,1-2H3,(H,15,16). The Morgan fingerprint density at radius 2 is 2.33 bits per heavy atom. The van der Waals surface area contributed by atoms with Gasteiger partial charge in [0.25, 0.3) is 5.91 Å². The molecule has 7 heteroatoms. The topological polar surface area (TPSA) is 80.0 Å². The van der Waals surface area contributed by atoms with Crippen LogP contribution >= 0.6 is 0 Å². The lowest BCUT2D eigenvalue weighted by molar-refractivity contribution is 0.0777. The van der Waals surface area contributed by atoms with Gasteiger partial charge < -0.3 is 9.32 Å². The number of furan rings is 1. The second-order valence-corrected chi connectivity index (χ2v) is 4.79. The van der Waals surface area contributed by atoms with Crippen molar-refractivity contribution in [3.8, 4) is 11.5 Å². The van der Waals surface area contributed by atoms with Gasteiger partial charge >= 0.3 is 0 Å². The Morgan fingerprint density at radius 3 is 3.00 bits per heavy atom. The molecule has 7 nitrogen and oxygen atoms in total. The summed E-state index contributed by atoms with van der Waals surface area (Å²) in [6.07, 6.45) is 3.42. The highest BCUT2D eigenvalue weighted by Crippen LogP contribution is 2.18. The van der Waals surface area contributed by atoms with Gasteiger partial charge in [0.15, 0.2) is 11.5 Å².